The van der Waals surface area contributed by atoms with Crippen molar-refractivity contribution in [3.63, 3.8) is 0 Å². The lowest BCUT2D eigenvalue weighted by Crippen LogP contribution is -2.36. The number of aromatic amines is 2. The Bertz CT molecular complexity index is 4960. The lowest BCUT2D eigenvalue weighted by Gasteiger charge is -2.32. The van der Waals surface area contributed by atoms with Crippen LogP contribution in [-0.2, 0) is 0 Å². The minimum atomic E-state index is -2.21. The van der Waals surface area contributed by atoms with Gasteiger partial charge in [0.05, 0.1) is 73.2 Å². The lowest BCUT2D eigenvalue weighted by molar-refractivity contribution is 0.0702. The zero-order valence-corrected chi connectivity index (χ0v) is 69.3. The highest BCUT2D eigenvalue weighted by Crippen LogP contribution is 2.33. The van der Waals surface area contributed by atoms with Crippen molar-refractivity contribution >= 4 is 76.7 Å². The third kappa shape index (κ3) is 31.9. The van der Waals surface area contributed by atoms with Crippen molar-refractivity contribution in [1.82, 2.24) is 49.8 Å². The fraction of sp³-hybridized carbons (Fsp3) is 0.688. The third-order valence-electron chi connectivity index (χ3n) is 17.0. The number of nitrogens with one attached hydrogen (secondary N) is 10. The standard InChI is InChI=1S/5C16H27N5O2/c5*1-9-5-6-10(7-12(9)22)19-14-11(13(17)23)8-18-15(20-14)21-16(2,3)4/h5*8-10,12,22H,5-7H2,1-4H3,(H2,17,23)(H2,18,19,20,21)/i5D2,6D,7D;5D,6D2,7D;5D,6D,7D2;6D2,8D;5D2,8D. The van der Waals surface area contributed by atoms with E-state index in [1.165, 1.54) is 25.5 Å². The SMILES string of the molecule is [2H]C1C(O)C(C)C([2H])([2H])C([2H])C1Nc1nc(NC(C)(C)C)ncc1C(N)=O.[2H]C1C(O)C(C)C([2H])C([2H])([2H])C1Nc1nc(NC(C)(C)C)ncc1C(N)=O.[2H]C1C([2H])C(Nc2nc(NC(C)(C)C)ncc2C(N)=O)C([2H])([2H])C(O)C1C.[2H]c1nc(NC(C)(C)C)[nH]c(=NC2CC(O)C(C)C([2H])([2H])C2)c1C(N)=O.[2H]c1nc(NC(C)(C)C)[nH]c(=NC2CC(O)C(C)CC2([2H])[2H])c1C(N)=O. The number of aliphatic hydroxyl groups excluding tert-OH is 5. The predicted octanol–water partition coefficient (Wildman–Crippen LogP) is 7.58. The number of primary amides is 5. The molecule has 35 heteroatoms. The van der Waals surface area contributed by atoms with Crippen molar-refractivity contribution < 1.29 is 74.2 Å². The average molecular weight is 1630 g/mol. The molecule has 5 aromatic heterocycles. The number of aliphatic hydroxyl groups is 5. The summed E-state index contributed by atoms with van der Waals surface area (Å²) in [5, 5.41) is 74.5. The maximum atomic E-state index is 11.8. The maximum absolute atomic E-state index is 11.8. The summed E-state index contributed by atoms with van der Waals surface area (Å²) in [5.74, 6) is -6.07. The largest absolute Gasteiger partial charge is 0.393 e. The average Bonchev–Trinajstić information content (AvgIpc) is 0.762. The summed E-state index contributed by atoms with van der Waals surface area (Å²) < 4.78 is 147. The number of amides is 5. The first-order chi connectivity index (χ1) is 60.4. The Balaban J connectivity index is 0.000000256. The highest BCUT2D eigenvalue weighted by molar-refractivity contribution is 5.99. The normalized spacial score (nSPS) is 33.8. The van der Waals surface area contributed by atoms with Crippen LogP contribution in [0.4, 0.5) is 47.2 Å². The minimum Gasteiger partial charge on any atom is -0.393 e. The summed E-state index contributed by atoms with van der Waals surface area (Å²) in [6.45, 7) is 36.6. The molecule has 0 aliphatic heterocycles. The van der Waals surface area contributed by atoms with Gasteiger partial charge in [-0.3, -0.25) is 34.0 Å². The second-order valence-corrected chi connectivity index (χ2v) is 34.0. The molecule has 0 radical (unpaired) electrons. The summed E-state index contributed by atoms with van der Waals surface area (Å²) in [5.41, 5.74) is 24.7. The number of carbonyl (C=O) groups is 5. The number of anilines is 8. The number of nitrogens with zero attached hydrogens (tertiary/aromatic N) is 10. The first-order valence-corrected chi connectivity index (χ1v) is 37.9. The van der Waals surface area contributed by atoms with Gasteiger partial charge in [0, 0.05) is 98.7 Å². The van der Waals surface area contributed by atoms with Crippen molar-refractivity contribution in [1.29, 1.82) is 0 Å². The summed E-state index contributed by atoms with van der Waals surface area (Å²) in [7, 11) is 0. The van der Waals surface area contributed by atoms with Crippen molar-refractivity contribution in [2.24, 2.45) is 68.2 Å². The molecule has 640 valence electrons. The molecule has 5 aromatic rings. The third-order valence-corrected chi connectivity index (χ3v) is 17.0. The summed E-state index contributed by atoms with van der Waals surface area (Å²) in [4.78, 5) is 106. The molecule has 21 atom stereocenters. The second kappa shape index (κ2) is 40.9. The predicted molar refractivity (Wildman–Crippen MR) is 449 cm³/mol. The molecular formula is C80H135N25O10. The van der Waals surface area contributed by atoms with Crippen molar-refractivity contribution in [2.75, 3.05) is 42.5 Å². The zero-order valence-electron chi connectivity index (χ0n) is 87.3. The van der Waals surface area contributed by atoms with Crippen molar-refractivity contribution in [3.05, 3.63) is 69.7 Å². The fourth-order valence-corrected chi connectivity index (χ4v) is 10.9. The zero-order chi connectivity index (χ0) is 102. The van der Waals surface area contributed by atoms with Gasteiger partial charge < -0.3 is 107 Å². The Morgan fingerprint density at radius 1 is 0.409 bits per heavy atom. The van der Waals surface area contributed by atoms with Gasteiger partial charge in [-0.25, -0.2) is 24.9 Å². The molecule has 5 heterocycles. The monoisotopic (exact) mass is 1620 g/mol. The molecule has 5 amide bonds. The number of hydrogen-bond donors (Lipinski definition) is 20. The molecule has 25 N–H and O–H groups in total. The van der Waals surface area contributed by atoms with E-state index in [1.54, 1.807) is 27.7 Å². The number of nitrogens with two attached hydrogens (primary N) is 5. The van der Waals surface area contributed by atoms with E-state index in [2.05, 4.69) is 102 Å². The second-order valence-electron chi connectivity index (χ2n) is 34.0. The van der Waals surface area contributed by atoms with Crippen LogP contribution in [0.1, 0.15) is 311 Å². The fourth-order valence-electron chi connectivity index (χ4n) is 10.9. The van der Waals surface area contributed by atoms with E-state index in [0.29, 0.717) is 0 Å². The Labute approximate surface area is 702 Å². The smallest absolute Gasteiger partial charge is 0.254 e. The van der Waals surface area contributed by atoms with Gasteiger partial charge in [0.2, 0.25) is 29.7 Å². The van der Waals surface area contributed by atoms with Crippen LogP contribution < -0.4 is 82.2 Å². The molecule has 5 aliphatic rings. The van der Waals surface area contributed by atoms with E-state index in [4.69, 9.17) is 53.3 Å². The first kappa shape index (κ1) is 69.8. The number of hydrogen-bond acceptors (Lipinski definition) is 28. The van der Waals surface area contributed by atoms with Crippen LogP contribution in [0.25, 0.3) is 0 Å². The van der Waals surface area contributed by atoms with Crippen LogP contribution in [0, 0.1) is 29.6 Å². The van der Waals surface area contributed by atoms with Gasteiger partial charge in [-0.1, -0.05) is 34.6 Å². The molecule has 115 heavy (non-hydrogen) atoms. The van der Waals surface area contributed by atoms with E-state index in [-0.39, 0.29) is 158 Å². The van der Waals surface area contributed by atoms with Crippen molar-refractivity contribution in [2.45, 2.75) is 323 Å². The molecule has 0 saturated heterocycles. The molecule has 10 rings (SSSR count). The molecule has 5 fully saturated rings. The summed E-state index contributed by atoms with van der Waals surface area (Å²) in [6, 6.07) is -5.03. The van der Waals surface area contributed by atoms with E-state index >= 15 is 0 Å². The number of aromatic nitrogens is 10. The molecule has 5 saturated carbocycles. The van der Waals surface area contributed by atoms with Crippen LogP contribution in [0.5, 0.6) is 0 Å². The van der Waals surface area contributed by atoms with E-state index in [0.717, 1.165) is 0 Å². The lowest BCUT2D eigenvalue weighted by atomic mass is 9.85. The number of H-pyrrole nitrogens is 2. The molecule has 0 spiro atoms. The van der Waals surface area contributed by atoms with Crippen LogP contribution in [0.2, 0.25) is 0 Å². The Morgan fingerprint density at radius 2 is 0.774 bits per heavy atom. The molecular weight excluding hydrogens is 1470 g/mol. The van der Waals surface area contributed by atoms with Gasteiger partial charge in [-0.2, -0.15) is 15.0 Å². The van der Waals surface area contributed by atoms with Crippen LogP contribution in [0.3, 0.4) is 0 Å². The maximum Gasteiger partial charge on any atom is 0.254 e. The van der Waals surface area contributed by atoms with Crippen LogP contribution >= 0.6 is 0 Å². The van der Waals surface area contributed by atoms with Gasteiger partial charge in [-0.15, -0.1) is 0 Å². The van der Waals surface area contributed by atoms with Gasteiger partial charge in [-0.05, 0) is 229 Å². The Kier molecular flexibility index (Phi) is 24.8. The minimum absolute atomic E-state index is 0.000113. The summed E-state index contributed by atoms with van der Waals surface area (Å²) >= 11 is 0. The molecule has 0 aromatic carbocycles. The molecule has 0 bridgehead atoms. The van der Waals surface area contributed by atoms with Crippen LogP contribution in [0.15, 0.2) is 40.9 Å². The first-order valence-electron chi connectivity index (χ1n) is 47.4. The van der Waals surface area contributed by atoms with Crippen molar-refractivity contribution in [3.8, 4) is 0 Å². The Hall–Kier alpha value is -9.45. The molecule has 5 aliphatic carbocycles. The van der Waals surface area contributed by atoms with Gasteiger partial charge in [0.25, 0.3) is 29.5 Å². The molecule has 21 unspecified atom stereocenters. The Morgan fingerprint density at radius 3 is 1.19 bits per heavy atom. The van der Waals surface area contributed by atoms with E-state index in [1.807, 2.05) is 104 Å². The number of rotatable bonds is 18. The highest BCUT2D eigenvalue weighted by atomic mass is 16.3. The summed E-state index contributed by atoms with van der Waals surface area (Å²) in [6.07, 6.45) is -18.6. The van der Waals surface area contributed by atoms with E-state index < -0.39 is 184 Å². The highest BCUT2D eigenvalue weighted by Gasteiger charge is 2.33. The van der Waals surface area contributed by atoms with Gasteiger partial charge in [0.15, 0.2) is 0 Å². The topological polar surface area (TPSA) is 572 Å². The van der Waals surface area contributed by atoms with E-state index in [9.17, 15) is 49.5 Å². The molecule has 35 nitrogen and oxygen atoms in total. The van der Waals surface area contributed by atoms with Crippen LogP contribution in [-0.4, -0.2) is 193 Å². The van der Waals surface area contributed by atoms with Gasteiger partial charge >= 0.3 is 0 Å². The van der Waals surface area contributed by atoms with Gasteiger partial charge in [0.1, 0.15) is 28.4 Å². The number of carbonyl (C=O) groups excluding carboxylic acids is 5. The quantitative estimate of drug-likeness (QED) is 0.0402.